The third-order valence-electron chi connectivity index (χ3n) is 2.89. The number of ether oxygens (including phenoxy) is 2. The number of hydrogen-bond acceptors (Lipinski definition) is 5. The van der Waals surface area contributed by atoms with E-state index in [0.29, 0.717) is 17.7 Å². The van der Waals surface area contributed by atoms with Crippen LogP contribution in [0, 0.1) is 0 Å². The van der Waals surface area contributed by atoms with Crippen LogP contribution in [-0.2, 0) is 0 Å². The number of benzene rings is 1. The smallest absolute Gasteiger partial charge is 0.336 e. The van der Waals surface area contributed by atoms with Crippen LogP contribution in [0.15, 0.2) is 39.1 Å². The van der Waals surface area contributed by atoms with E-state index < -0.39 is 5.63 Å². The molecule has 0 radical (unpaired) electrons. The molecule has 2 rings (SSSR count). The Labute approximate surface area is 135 Å². The molecule has 0 aliphatic carbocycles. The van der Waals surface area contributed by atoms with Crippen LogP contribution in [0.5, 0.6) is 17.2 Å². The minimum atomic E-state index is -0.533. The van der Waals surface area contributed by atoms with Crippen LogP contribution in [0.4, 0.5) is 0 Å². The Balaban J connectivity index is 2.45. The molecule has 112 valence electrons. The van der Waals surface area contributed by atoms with E-state index in [4.69, 9.17) is 13.9 Å². The van der Waals surface area contributed by atoms with Gasteiger partial charge >= 0.3 is 5.63 Å². The summed E-state index contributed by atoms with van der Waals surface area (Å²) < 4.78 is 16.7. The number of fused-ring (bicyclic) bond motifs is 1. The summed E-state index contributed by atoms with van der Waals surface area (Å²) in [5.74, 6) is 0.314. The lowest BCUT2D eigenvalue weighted by Crippen LogP contribution is -2.00. The molecule has 0 fully saturated rings. The summed E-state index contributed by atoms with van der Waals surface area (Å²) in [6.07, 6.45) is 1.91. The molecule has 0 saturated heterocycles. The fourth-order valence-electron chi connectivity index (χ4n) is 1.77. The molecule has 1 N–H and O–H groups in total. The number of allylic oxidation sites excluding steroid dienone is 1. The monoisotopic (exact) mass is 402 g/mol. The summed E-state index contributed by atoms with van der Waals surface area (Å²) in [5, 5.41) is 10.8. The highest BCUT2D eigenvalue weighted by molar-refractivity contribution is 14.1. The maximum Gasteiger partial charge on any atom is 0.336 e. The van der Waals surface area contributed by atoms with E-state index in [2.05, 4.69) is 22.6 Å². The molecule has 0 atom stereocenters. The quantitative estimate of drug-likeness (QED) is 0.360. The number of aromatic hydroxyl groups is 1. The van der Waals surface area contributed by atoms with Gasteiger partial charge in [-0.25, -0.2) is 4.79 Å². The van der Waals surface area contributed by atoms with Gasteiger partial charge in [0.2, 0.25) is 11.5 Å². The van der Waals surface area contributed by atoms with Crippen molar-refractivity contribution in [3.05, 3.63) is 40.3 Å². The zero-order valence-corrected chi connectivity index (χ0v) is 13.8. The molecule has 0 bridgehead atoms. The molecule has 5 nitrogen and oxygen atoms in total. The topological polar surface area (TPSA) is 68.9 Å². The van der Waals surface area contributed by atoms with Crippen molar-refractivity contribution in [3.63, 3.8) is 0 Å². The number of phenols is 1. The fourth-order valence-corrected chi connectivity index (χ4v) is 2.08. The molecule has 21 heavy (non-hydrogen) atoms. The van der Waals surface area contributed by atoms with Gasteiger partial charge in [-0.05, 0) is 25.1 Å². The standard InChI is InChI=1S/C15H15IO5/c1-9(8-16)5-6-20-15-11(19-2)7-10-3-4-12(17)21-14(10)13(15)18/h3-5,7,18H,6,8H2,1-2H3/b9-5-. The summed E-state index contributed by atoms with van der Waals surface area (Å²) in [5.41, 5.74) is 0.726. The largest absolute Gasteiger partial charge is 0.502 e. The second kappa shape index (κ2) is 6.84. The predicted octanol–water partition coefficient (Wildman–Crippen LogP) is 3.27. The second-order valence-electron chi connectivity index (χ2n) is 4.42. The summed E-state index contributed by atoms with van der Waals surface area (Å²) >= 11 is 2.26. The van der Waals surface area contributed by atoms with Crippen LogP contribution in [0.3, 0.4) is 0 Å². The average Bonchev–Trinajstić information content (AvgIpc) is 2.49. The first-order valence-corrected chi connectivity index (χ1v) is 7.77. The van der Waals surface area contributed by atoms with E-state index in [1.165, 1.54) is 18.7 Å². The number of rotatable bonds is 5. The highest BCUT2D eigenvalue weighted by atomic mass is 127. The Hall–Kier alpha value is -1.70. The first-order chi connectivity index (χ1) is 10.1. The Morgan fingerprint density at radius 3 is 2.90 bits per heavy atom. The maximum atomic E-state index is 11.3. The molecule has 1 aromatic heterocycles. The number of alkyl halides is 1. The van der Waals surface area contributed by atoms with Gasteiger partial charge in [-0.3, -0.25) is 0 Å². The first-order valence-electron chi connectivity index (χ1n) is 6.25. The van der Waals surface area contributed by atoms with Crippen molar-refractivity contribution in [2.24, 2.45) is 0 Å². The summed E-state index contributed by atoms with van der Waals surface area (Å²) in [7, 11) is 1.48. The van der Waals surface area contributed by atoms with E-state index in [1.54, 1.807) is 12.1 Å². The van der Waals surface area contributed by atoms with Crippen molar-refractivity contribution in [3.8, 4) is 17.2 Å². The lowest BCUT2D eigenvalue weighted by molar-refractivity contribution is 0.306. The average molecular weight is 402 g/mol. The number of hydrogen-bond donors (Lipinski definition) is 1. The van der Waals surface area contributed by atoms with Crippen LogP contribution in [-0.4, -0.2) is 23.3 Å². The molecule has 1 heterocycles. The summed E-state index contributed by atoms with van der Waals surface area (Å²) in [4.78, 5) is 11.3. The minimum Gasteiger partial charge on any atom is -0.502 e. The van der Waals surface area contributed by atoms with E-state index >= 15 is 0 Å². The van der Waals surface area contributed by atoms with Gasteiger partial charge in [-0.1, -0.05) is 28.2 Å². The van der Waals surface area contributed by atoms with Gasteiger partial charge in [-0.15, -0.1) is 0 Å². The lowest BCUT2D eigenvalue weighted by atomic mass is 10.2. The number of methoxy groups -OCH3 is 1. The summed E-state index contributed by atoms with van der Waals surface area (Å²) in [6, 6.07) is 4.50. The molecule has 0 saturated carbocycles. The van der Waals surface area contributed by atoms with Crippen molar-refractivity contribution in [1.29, 1.82) is 0 Å². The summed E-state index contributed by atoms with van der Waals surface area (Å²) in [6.45, 7) is 2.29. The van der Waals surface area contributed by atoms with Gasteiger partial charge in [0, 0.05) is 15.9 Å². The van der Waals surface area contributed by atoms with Gasteiger partial charge in [0.05, 0.1) is 7.11 Å². The highest BCUT2D eigenvalue weighted by Gasteiger charge is 2.17. The molecule has 0 unspecified atom stereocenters. The van der Waals surface area contributed by atoms with Crippen molar-refractivity contribution < 1.29 is 19.0 Å². The Morgan fingerprint density at radius 1 is 1.48 bits per heavy atom. The van der Waals surface area contributed by atoms with Gasteiger partial charge in [-0.2, -0.15) is 0 Å². The van der Waals surface area contributed by atoms with Crippen LogP contribution in [0.2, 0.25) is 0 Å². The molecular formula is C15H15IO5. The first kappa shape index (κ1) is 15.7. The maximum absolute atomic E-state index is 11.3. The molecule has 0 aliphatic rings. The Morgan fingerprint density at radius 2 is 2.24 bits per heavy atom. The number of phenolic OH excluding ortho intramolecular Hbond substituents is 1. The highest BCUT2D eigenvalue weighted by Crippen LogP contribution is 2.42. The molecule has 0 spiro atoms. The third kappa shape index (κ3) is 3.49. The second-order valence-corrected chi connectivity index (χ2v) is 5.19. The fraction of sp³-hybridized carbons (Fsp3) is 0.267. The SMILES string of the molecule is COc1cc2ccc(=O)oc2c(O)c1OC/C=C(/C)CI. The zero-order valence-electron chi connectivity index (χ0n) is 11.7. The number of halogens is 1. The molecule has 1 aromatic carbocycles. The van der Waals surface area contributed by atoms with Crippen molar-refractivity contribution in [1.82, 2.24) is 0 Å². The van der Waals surface area contributed by atoms with E-state index in [9.17, 15) is 9.90 Å². The molecule has 6 heteroatoms. The van der Waals surface area contributed by atoms with Gasteiger partial charge < -0.3 is 19.0 Å². The van der Waals surface area contributed by atoms with Gasteiger partial charge in [0.15, 0.2) is 11.3 Å². The third-order valence-corrected chi connectivity index (χ3v) is 4.10. The van der Waals surface area contributed by atoms with Crippen LogP contribution < -0.4 is 15.1 Å². The van der Waals surface area contributed by atoms with Crippen molar-refractivity contribution in [2.75, 3.05) is 18.1 Å². The van der Waals surface area contributed by atoms with Crippen molar-refractivity contribution >= 4 is 33.6 Å². The normalized spacial score (nSPS) is 11.7. The van der Waals surface area contributed by atoms with Gasteiger partial charge in [0.1, 0.15) is 6.61 Å². The predicted molar refractivity (Wildman–Crippen MR) is 88.8 cm³/mol. The molecule has 0 amide bonds. The molecule has 0 aliphatic heterocycles. The van der Waals surface area contributed by atoms with E-state index in [0.717, 1.165) is 4.43 Å². The lowest BCUT2D eigenvalue weighted by Gasteiger charge is -2.12. The van der Waals surface area contributed by atoms with Gasteiger partial charge in [0.25, 0.3) is 0 Å². The molecular weight excluding hydrogens is 387 g/mol. The Kier molecular flexibility index (Phi) is 5.11. The van der Waals surface area contributed by atoms with Crippen LogP contribution in [0.1, 0.15) is 6.92 Å². The van der Waals surface area contributed by atoms with Crippen molar-refractivity contribution in [2.45, 2.75) is 6.92 Å². The van der Waals surface area contributed by atoms with E-state index in [1.807, 2.05) is 13.0 Å². The zero-order chi connectivity index (χ0) is 15.4. The van der Waals surface area contributed by atoms with Crippen LogP contribution in [0.25, 0.3) is 11.0 Å². The van der Waals surface area contributed by atoms with E-state index in [-0.39, 0.29) is 17.1 Å². The van der Waals surface area contributed by atoms with Crippen LogP contribution >= 0.6 is 22.6 Å². The molecule has 2 aromatic rings. The minimum absolute atomic E-state index is 0.0906. The Bertz CT molecular complexity index is 733.